The standard InChI is InChI=1S/C18H16FN3O2S/c19-14-8-6-13(7-9-14)12-17-21-22-18(24-17)20-16(23)10-11-25-15-4-2-1-3-5-15/h1-9H,10-12H2,(H,20,22,23). The zero-order chi connectivity index (χ0) is 17.5. The van der Waals surface area contributed by atoms with Gasteiger partial charge in [-0.3, -0.25) is 10.1 Å². The number of rotatable bonds is 7. The van der Waals surface area contributed by atoms with E-state index in [2.05, 4.69) is 15.5 Å². The van der Waals surface area contributed by atoms with E-state index in [-0.39, 0.29) is 17.7 Å². The zero-order valence-electron chi connectivity index (χ0n) is 13.3. The van der Waals surface area contributed by atoms with Crippen molar-refractivity contribution in [2.45, 2.75) is 17.7 Å². The van der Waals surface area contributed by atoms with E-state index in [9.17, 15) is 9.18 Å². The van der Waals surface area contributed by atoms with Crippen molar-refractivity contribution in [3.8, 4) is 0 Å². The SMILES string of the molecule is O=C(CCSc1ccccc1)Nc1nnc(Cc2ccc(F)cc2)o1. The van der Waals surface area contributed by atoms with Crippen LogP contribution in [-0.2, 0) is 11.2 Å². The van der Waals surface area contributed by atoms with Crippen LogP contribution >= 0.6 is 11.8 Å². The van der Waals surface area contributed by atoms with Crippen molar-refractivity contribution in [1.82, 2.24) is 10.2 Å². The Morgan fingerprint density at radius 2 is 1.84 bits per heavy atom. The van der Waals surface area contributed by atoms with Gasteiger partial charge in [0.15, 0.2) is 0 Å². The van der Waals surface area contributed by atoms with Gasteiger partial charge in [0.05, 0.1) is 6.42 Å². The molecular formula is C18H16FN3O2S. The number of aromatic nitrogens is 2. The van der Waals surface area contributed by atoms with Gasteiger partial charge < -0.3 is 4.42 Å². The van der Waals surface area contributed by atoms with E-state index in [1.165, 1.54) is 12.1 Å². The highest BCUT2D eigenvalue weighted by molar-refractivity contribution is 7.99. The van der Waals surface area contributed by atoms with E-state index in [1.54, 1.807) is 23.9 Å². The van der Waals surface area contributed by atoms with E-state index in [0.29, 0.717) is 24.5 Å². The lowest BCUT2D eigenvalue weighted by Crippen LogP contribution is -2.12. The van der Waals surface area contributed by atoms with Gasteiger partial charge in [0, 0.05) is 17.1 Å². The van der Waals surface area contributed by atoms with Gasteiger partial charge in [-0.2, -0.15) is 0 Å². The maximum Gasteiger partial charge on any atom is 0.322 e. The van der Waals surface area contributed by atoms with E-state index >= 15 is 0 Å². The van der Waals surface area contributed by atoms with Gasteiger partial charge in [0.2, 0.25) is 11.8 Å². The number of amides is 1. The van der Waals surface area contributed by atoms with Crippen LogP contribution in [-0.4, -0.2) is 21.9 Å². The maximum absolute atomic E-state index is 12.9. The molecule has 0 saturated heterocycles. The first-order valence-corrected chi connectivity index (χ1v) is 8.72. The molecule has 0 fully saturated rings. The van der Waals surface area contributed by atoms with Gasteiger partial charge in [-0.1, -0.05) is 35.4 Å². The molecule has 25 heavy (non-hydrogen) atoms. The molecular weight excluding hydrogens is 341 g/mol. The Hall–Kier alpha value is -2.67. The monoisotopic (exact) mass is 357 g/mol. The van der Waals surface area contributed by atoms with Gasteiger partial charge >= 0.3 is 6.01 Å². The third kappa shape index (κ3) is 5.42. The van der Waals surface area contributed by atoms with Gasteiger partial charge in [0.1, 0.15) is 5.82 Å². The molecule has 0 aliphatic heterocycles. The molecule has 3 aromatic rings. The highest BCUT2D eigenvalue weighted by atomic mass is 32.2. The van der Waals surface area contributed by atoms with Crippen molar-refractivity contribution in [3.63, 3.8) is 0 Å². The first kappa shape index (κ1) is 17.2. The summed E-state index contributed by atoms with van der Waals surface area (Å²) in [4.78, 5) is 13.0. The summed E-state index contributed by atoms with van der Waals surface area (Å²) < 4.78 is 18.3. The highest BCUT2D eigenvalue weighted by Crippen LogP contribution is 2.18. The molecule has 128 valence electrons. The van der Waals surface area contributed by atoms with Gasteiger partial charge in [-0.05, 0) is 29.8 Å². The quantitative estimate of drug-likeness (QED) is 0.649. The van der Waals surface area contributed by atoms with Crippen LogP contribution in [0.2, 0.25) is 0 Å². The number of thioether (sulfide) groups is 1. The Kier molecular flexibility index (Phi) is 5.79. The average molecular weight is 357 g/mol. The average Bonchev–Trinajstić information content (AvgIpc) is 3.05. The largest absolute Gasteiger partial charge is 0.407 e. The minimum atomic E-state index is -0.296. The number of hydrogen-bond donors (Lipinski definition) is 1. The van der Waals surface area contributed by atoms with E-state index < -0.39 is 0 Å². The van der Waals surface area contributed by atoms with Crippen LogP contribution < -0.4 is 5.32 Å². The molecule has 1 amide bonds. The van der Waals surface area contributed by atoms with Crippen molar-refractivity contribution < 1.29 is 13.6 Å². The fourth-order valence-electron chi connectivity index (χ4n) is 2.11. The molecule has 0 aliphatic rings. The van der Waals surface area contributed by atoms with Crippen LogP contribution in [0.1, 0.15) is 17.9 Å². The summed E-state index contributed by atoms with van der Waals surface area (Å²) in [5, 5.41) is 10.3. The van der Waals surface area contributed by atoms with Gasteiger partial charge in [-0.15, -0.1) is 16.9 Å². The second-order valence-corrected chi connectivity index (χ2v) is 6.43. The van der Waals surface area contributed by atoms with Crippen molar-refractivity contribution in [2.24, 2.45) is 0 Å². The first-order valence-electron chi connectivity index (χ1n) is 7.73. The molecule has 2 aromatic carbocycles. The van der Waals surface area contributed by atoms with Crippen LogP contribution in [0, 0.1) is 5.82 Å². The number of nitrogens with one attached hydrogen (secondary N) is 1. The van der Waals surface area contributed by atoms with Gasteiger partial charge in [0.25, 0.3) is 0 Å². The Labute approximate surface area is 148 Å². The number of benzene rings is 2. The number of carbonyl (C=O) groups is 1. The van der Waals surface area contributed by atoms with Crippen LogP contribution in [0.5, 0.6) is 0 Å². The molecule has 0 unspecified atom stereocenters. The van der Waals surface area contributed by atoms with E-state index in [4.69, 9.17) is 4.42 Å². The van der Waals surface area contributed by atoms with Gasteiger partial charge in [-0.25, -0.2) is 4.39 Å². The summed E-state index contributed by atoms with van der Waals surface area (Å²) in [7, 11) is 0. The number of nitrogens with zero attached hydrogens (tertiary/aromatic N) is 2. The summed E-state index contributed by atoms with van der Waals surface area (Å²) in [5.74, 6) is 0.545. The normalized spacial score (nSPS) is 10.6. The molecule has 1 N–H and O–H groups in total. The second-order valence-electron chi connectivity index (χ2n) is 5.26. The van der Waals surface area contributed by atoms with Crippen molar-refractivity contribution in [3.05, 3.63) is 71.9 Å². The van der Waals surface area contributed by atoms with Crippen molar-refractivity contribution in [2.75, 3.05) is 11.1 Å². The van der Waals surface area contributed by atoms with Crippen LogP contribution in [0.3, 0.4) is 0 Å². The van der Waals surface area contributed by atoms with Crippen molar-refractivity contribution >= 4 is 23.7 Å². The Balaban J connectivity index is 1.45. The van der Waals surface area contributed by atoms with Crippen molar-refractivity contribution in [1.29, 1.82) is 0 Å². The third-order valence-corrected chi connectivity index (χ3v) is 4.34. The number of hydrogen-bond acceptors (Lipinski definition) is 5. The number of carbonyl (C=O) groups excluding carboxylic acids is 1. The molecule has 0 radical (unpaired) electrons. The minimum absolute atomic E-state index is 0.0758. The molecule has 3 rings (SSSR count). The molecule has 7 heteroatoms. The predicted molar refractivity (Wildman–Crippen MR) is 93.9 cm³/mol. The summed E-state index contributed by atoms with van der Waals surface area (Å²) >= 11 is 1.61. The molecule has 0 aliphatic carbocycles. The zero-order valence-corrected chi connectivity index (χ0v) is 14.1. The summed E-state index contributed by atoms with van der Waals surface area (Å²) in [6.07, 6.45) is 0.724. The van der Waals surface area contributed by atoms with Crippen LogP contribution in [0.4, 0.5) is 10.4 Å². The van der Waals surface area contributed by atoms with Crippen LogP contribution in [0.15, 0.2) is 63.9 Å². The van der Waals surface area contributed by atoms with Crippen LogP contribution in [0.25, 0.3) is 0 Å². The maximum atomic E-state index is 12.9. The van der Waals surface area contributed by atoms with E-state index in [1.807, 2.05) is 30.3 Å². The molecule has 0 bridgehead atoms. The highest BCUT2D eigenvalue weighted by Gasteiger charge is 2.10. The molecule has 0 atom stereocenters. The Bertz CT molecular complexity index is 822. The fourth-order valence-corrected chi connectivity index (χ4v) is 2.99. The third-order valence-electron chi connectivity index (χ3n) is 3.32. The lowest BCUT2D eigenvalue weighted by Gasteiger charge is -2.01. The fraction of sp³-hybridized carbons (Fsp3) is 0.167. The molecule has 0 spiro atoms. The predicted octanol–water partition coefficient (Wildman–Crippen LogP) is 3.92. The molecule has 1 aromatic heterocycles. The Morgan fingerprint density at radius 3 is 2.60 bits per heavy atom. The molecule has 1 heterocycles. The number of anilines is 1. The smallest absolute Gasteiger partial charge is 0.322 e. The Morgan fingerprint density at radius 1 is 1.08 bits per heavy atom. The first-order chi connectivity index (χ1) is 12.2. The lowest BCUT2D eigenvalue weighted by molar-refractivity contribution is -0.115. The summed E-state index contributed by atoms with van der Waals surface area (Å²) in [6, 6.07) is 16.0. The second kappa shape index (κ2) is 8.43. The molecule has 5 nitrogen and oxygen atoms in total. The lowest BCUT2D eigenvalue weighted by atomic mass is 10.1. The van der Waals surface area contributed by atoms with E-state index in [0.717, 1.165) is 10.5 Å². The topological polar surface area (TPSA) is 68.0 Å². The summed E-state index contributed by atoms with van der Waals surface area (Å²) in [6.45, 7) is 0. The molecule has 0 saturated carbocycles. The minimum Gasteiger partial charge on any atom is -0.407 e. The number of halogens is 1. The summed E-state index contributed by atoms with van der Waals surface area (Å²) in [5.41, 5.74) is 0.849.